The monoisotopic (exact) mass is 424 g/mol. The summed E-state index contributed by atoms with van der Waals surface area (Å²) in [6, 6.07) is 16.6. The van der Waals surface area contributed by atoms with Gasteiger partial charge in [0, 0.05) is 30.5 Å². The van der Waals surface area contributed by atoms with Crippen molar-refractivity contribution in [2.24, 2.45) is 0 Å². The second kappa shape index (κ2) is 9.51. The summed E-state index contributed by atoms with van der Waals surface area (Å²) in [5.41, 5.74) is 2.65. The Balaban J connectivity index is 1.57. The van der Waals surface area contributed by atoms with Gasteiger partial charge in [-0.3, -0.25) is 4.79 Å². The Kier molecular flexibility index (Phi) is 6.81. The molecular weight excluding hydrogens is 400 g/mol. The molecule has 8 heteroatoms. The molecule has 3 rings (SSSR count). The van der Waals surface area contributed by atoms with Gasteiger partial charge in [0.05, 0.1) is 18.9 Å². The van der Waals surface area contributed by atoms with Crippen LogP contribution in [0.15, 0.2) is 78.7 Å². The Hall–Kier alpha value is -3.23. The van der Waals surface area contributed by atoms with Crippen LogP contribution >= 0.6 is 0 Å². The first-order valence-electron chi connectivity index (χ1n) is 9.42. The molecule has 0 saturated carbocycles. The van der Waals surface area contributed by atoms with Crippen LogP contribution in [0.2, 0.25) is 0 Å². The molecule has 156 valence electrons. The number of benzene rings is 2. The van der Waals surface area contributed by atoms with E-state index in [0.29, 0.717) is 0 Å². The Morgan fingerprint density at radius 1 is 1.17 bits per heavy atom. The van der Waals surface area contributed by atoms with Crippen LogP contribution in [0.5, 0.6) is 0 Å². The van der Waals surface area contributed by atoms with Crippen molar-refractivity contribution in [3.63, 3.8) is 0 Å². The number of rotatable bonds is 8. The minimum atomic E-state index is -3.70. The average molecular weight is 425 g/mol. The van der Waals surface area contributed by atoms with E-state index in [1.807, 2.05) is 60.2 Å². The Morgan fingerprint density at radius 3 is 2.50 bits per heavy atom. The van der Waals surface area contributed by atoms with Crippen LogP contribution < -0.4 is 5.32 Å². The molecule has 0 aliphatic rings. The summed E-state index contributed by atoms with van der Waals surface area (Å²) in [4.78, 5) is 16.4. The highest BCUT2D eigenvalue weighted by atomic mass is 32.2. The van der Waals surface area contributed by atoms with Gasteiger partial charge in [-0.05, 0) is 36.3 Å². The van der Waals surface area contributed by atoms with Gasteiger partial charge in [0.2, 0.25) is 15.9 Å². The number of carbonyl (C=O) groups excluding carboxylic acids is 1. The number of amides is 1. The fraction of sp³-hybridized carbons (Fsp3) is 0.182. The molecule has 0 aliphatic heterocycles. The quantitative estimate of drug-likeness (QED) is 0.603. The van der Waals surface area contributed by atoms with Crippen molar-refractivity contribution in [1.82, 2.24) is 19.2 Å². The molecule has 0 fully saturated rings. The molecule has 30 heavy (non-hydrogen) atoms. The van der Waals surface area contributed by atoms with E-state index in [9.17, 15) is 13.2 Å². The van der Waals surface area contributed by atoms with Gasteiger partial charge in [0.25, 0.3) is 0 Å². The highest BCUT2D eigenvalue weighted by Gasteiger charge is 2.19. The summed E-state index contributed by atoms with van der Waals surface area (Å²) in [5, 5.41) is 3.94. The molecule has 0 radical (unpaired) electrons. The maximum absolute atomic E-state index is 12.4. The third kappa shape index (κ3) is 5.65. The Morgan fingerprint density at radius 2 is 1.87 bits per heavy atom. The Bertz CT molecular complexity index is 1090. The molecule has 0 bridgehead atoms. The molecule has 1 amide bonds. The number of carbonyl (C=O) groups is 1. The van der Waals surface area contributed by atoms with Crippen molar-refractivity contribution in [1.29, 1.82) is 0 Å². The first kappa shape index (κ1) is 21.5. The molecule has 0 spiro atoms. The molecule has 0 aliphatic carbocycles. The van der Waals surface area contributed by atoms with Crippen LogP contribution in [-0.4, -0.2) is 41.8 Å². The van der Waals surface area contributed by atoms with Gasteiger partial charge < -0.3 is 9.88 Å². The summed E-state index contributed by atoms with van der Waals surface area (Å²) in [6.07, 6.45) is 6.77. The number of hydrogen-bond donors (Lipinski definition) is 1. The smallest absolute Gasteiger partial charge is 0.236 e. The number of sulfonamides is 1. The summed E-state index contributed by atoms with van der Waals surface area (Å²) in [7, 11) is -2.32. The summed E-state index contributed by atoms with van der Waals surface area (Å²) >= 11 is 0. The first-order chi connectivity index (χ1) is 14.3. The van der Waals surface area contributed by atoms with Gasteiger partial charge in [-0.2, -0.15) is 4.31 Å². The standard InChI is InChI=1S/C22H24N4O3S/c1-18(20-8-10-21(11-9-20)26-14-13-23-17-26)24-22(27)16-25(2)30(28,29)15-12-19-6-4-3-5-7-19/h3-15,17-18H,16H2,1-2H3,(H,24,27). The zero-order valence-corrected chi connectivity index (χ0v) is 17.7. The number of nitrogens with zero attached hydrogens (tertiary/aromatic N) is 3. The second-order valence-electron chi connectivity index (χ2n) is 6.87. The lowest BCUT2D eigenvalue weighted by atomic mass is 10.1. The highest BCUT2D eigenvalue weighted by molar-refractivity contribution is 7.92. The van der Waals surface area contributed by atoms with E-state index in [4.69, 9.17) is 0 Å². The summed E-state index contributed by atoms with van der Waals surface area (Å²) in [6.45, 7) is 1.59. The summed E-state index contributed by atoms with van der Waals surface area (Å²) in [5.74, 6) is -0.375. The number of imidazole rings is 1. The van der Waals surface area contributed by atoms with Crippen LogP contribution in [0.25, 0.3) is 11.8 Å². The zero-order chi connectivity index (χ0) is 21.6. The zero-order valence-electron chi connectivity index (χ0n) is 16.8. The molecule has 7 nitrogen and oxygen atoms in total. The van der Waals surface area contributed by atoms with Gasteiger partial charge in [0.1, 0.15) is 0 Å². The van der Waals surface area contributed by atoms with Crippen molar-refractivity contribution in [3.8, 4) is 5.69 Å². The van der Waals surface area contributed by atoms with E-state index in [2.05, 4.69) is 10.3 Å². The van der Waals surface area contributed by atoms with Gasteiger partial charge in [0.15, 0.2) is 0 Å². The minimum Gasteiger partial charge on any atom is -0.348 e. The number of hydrogen-bond acceptors (Lipinski definition) is 4. The first-order valence-corrected chi connectivity index (χ1v) is 10.9. The van der Waals surface area contributed by atoms with Crippen LogP contribution in [0.3, 0.4) is 0 Å². The minimum absolute atomic E-state index is 0.259. The van der Waals surface area contributed by atoms with Crippen molar-refractivity contribution in [2.45, 2.75) is 13.0 Å². The predicted octanol–water partition coefficient (Wildman–Crippen LogP) is 2.98. The van der Waals surface area contributed by atoms with E-state index >= 15 is 0 Å². The second-order valence-corrected chi connectivity index (χ2v) is 8.79. The number of aromatic nitrogens is 2. The fourth-order valence-corrected chi connectivity index (χ4v) is 3.68. The molecule has 3 aromatic rings. The van der Waals surface area contributed by atoms with Crippen molar-refractivity contribution >= 4 is 22.0 Å². The van der Waals surface area contributed by atoms with Crippen LogP contribution in [0, 0.1) is 0 Å². The topological polar surface area (TPSA) is 84.3 Å². The maximum atomic E-state index is 12.4. The third-order valence-electron chi connectivity index (χ3n) is 4.61. The lowest BCUT2D eigenvalue weighted by Crippen LogP contribution is -2.38. The van der Waals surface area contributed by atoms with Crippen LogP contribution in [0.1, 0.15) is 24.1 Å². The number of likely N-dealkylation sites (N-methyl/N-ethyl adjacent to an activating group) is 1. The SMILES string of the molecule is CC(NC(=O)CN(C)S(=O)(=O)C=Cc1ccccc1)c1ccc(-n2ccnc2)cc1. The fourth-order valence-electron chi connectivity index (χ4n) is 2.84. The van der Waals surface area contributed by atoms with Crippen molar-refractivity contribution in [3.05, 3.63) is 89.9 Å². The van der Waals surface area contributed by atoms with Crippen molar-refractivity contribution in [2.75, 3.05) is 13.6 Å². The van der Waals surface area contributed by atoms with Crippen LogP contribution in [0.4, 0.5) is 0 Å². The molecule has 2 aromatic carbocycles. The van der Waals surface area contributed by atoms with E-state index < -0.39 is 10.0 Å². The largest absolute Gasteiger partial charge is 0.348 e. The highest BCUT2D eigenvalue weighted by Crippen LogP contribution is 2.16. The lowest BCUT2D eigenvalue weighted by Gasteiger charge is -2.18. The van der Waals surface area contributed by atoms with E-state index in [1.165, 1.54) is 13.1 Å². The molecule has 1 unspecified atom stereocenters. The van der Waals surface area contributed by atoms with E-state index in [0.717, 1.165) is 26.5 Å². The molecule has 1 N–H and O–H groups in total. The molecular formula is C22H24N4O3S. The van der Waals surface area contributed by atoms with Gasteiger partial charge in [-0.25, -0.2) is 13.4 Å². The lowest BCUT2D eigenvalue weighted by molar-refractivity contribution is -0.121. The molecule has 1 atom stereocenters. The summed E-state index contributed by atoms with van der Waals surface area (Å²) < 4.78 is 27.7. The normalized spacial score (nSPS) is 12.9. The number of nitrogens with one attached hydrogen (secondary N) is 1. The molecule has 1 aromatic heterocycles. The predicted molar refractivity (Wildman–Crippen MR) is 117 cm³/mol. The van der Waals surface area contributed by atoms with Gasteiger partial charge in [-0.15, -0.1) is 0 Å². The van der Waals surface area contributed by atoms with Gasteiger partial charge in [-0.1, -0.05) is 42.5 Å². The van der Waals surface area contributed by atoms with E-state index in [-0.39, 0.29) is 18.5 Å². The van der Waals surface area contributed by atoms with Crippen molar-refractivity contribution < 1.29 is 13.2 Å². The van der Waals surface area contributed by atoms with Gasteiger partial charge >= 0.3 is 0 Å². The maximum Gasteiger partial charge on any atom is 0.236 e. The average Bonchev–Trinajstić information content (AvgIpc) is 3.28. The van der Waals surface area contributed by atoms with E-state index in [1.54, 1.807) is 24.7 Å². The van der Waals surface area contributed by atoms with Crippen LogP contribution in [-0.2, 0) is 14.8 Å². The third-order valence-corrected chi connectivity index (χ3v) is 6.08. The molecule has 1 heterocycles. The Labute approximate surface area is 176 Å². The molecule has 0 saturated heterocycles.